The minimum Gasteiger partial charge on any atom is -0.437 e. The van der Waals surface area contributed by atoms with Crippen LogP contribution in [0.25, 0.3) is 10.9 Å². The summed E-state index contributed by atoms with van der Waals surface area (Å²) in [4.78, 5) is 8.36. The summed E-state index contributed by atoms with van der Waals surface area (Å²) in [6, 6.07) is 13.1. The molecule has 0 unspecified atom stereocenters. The SMILES string of the molecule is NCc1ccc(Oc2ncnc3ccccc23)c(Cl)c1. The van der Waals surface area contributed by atoms with E-state index < -0.39 is 0 Å². The quantitative estimate of drug-likeness (QED) is 0.799. The van der Waals surface area contributed by atoms with Crippen LogP contribution in [0.5, 0.6) is 11.6 Å². The van der Waals surface area contributed by atoms with Gasteiger partial charge in [-0.25, -0.2) is 9.97 Å². The van der Waals surface area contributed by atoms with Gasteiger partial charge in [-0.3, -0.25) is 0 Å². The number of benzene rings is 2. The third-order valence-electron chi connectivity index (χ3n) is 2.94. The molecule has 20 heavy (non-hydrogen) atoms. The van der Waals surface area contributed by atoms with Gasteiger partial charge < -0.3 is 10.5 Å². The van der Waals surface area contributed by atoms with Gasteiger partial charge in [0, 0.05) is 6.54 Å². The Balaban J connectivity index is 2.01. The third kappa shape index (κ3) is 2.43. The first kappa shape index (κ1) is 12.8. The molecule has 0 fully saturated rings. The molecule has 0 aliphatic rings. The topological polar surface area (TPSA) is 61.0 Å². The monoisotopic (exact) mass is 285 g/mol. The highest BCUT2D eigenvalue weighted by Crippen LogP contribution is 2.32. The average Bonchev–Trinajstić information content (AvgIpc) is 2.49. The second kappa shape index (κ2) is 5.45. The number of fused-ring (bicyclic) bond motifs is 1. The molecule has 2 N–H and O–H groups in total. The molecule has 100 valence electrons. The van der Waals surface area contributed by atoms with Crippen LogP contribution in [0, 0.1) is 0 Å². The zero-order chi connectivity index (χ0) is 13.9. The first-order valence-electron chi connectivity index (χ1n) is 6.14. The van der Waals surface area contributed by atoms with Crippen molar-refractivity contribution in [1.82, 2.24) is 9.97 Å². The van der Waals surface area contributed by atoms with Gasteiger partial charge >= 0.3 is 0 Å². The highest BCUT2D eigenvalue weighted by Gasteiger charge is 2.08. The van der Waals surface area contributed by atoms with E-state index in [-0.39, 0.29) is 0 Å². The van der Waals surface area contributed by atoms with Crippen LogP contribution in [0.4, 0.5) is 0 Å². The normalized spacial score (nSPS) is 10.7. The Labute approximate surface area is 121 Å². The Morgan fingerprint density at radius 2 is 1.95 bits per heavy atom. The lowest BCUT2D eigenvalue weighted by Crippen LogP contribution is -1.97. The van der Waals surface area contributed by atoms with Gasteiger partial charge in [-0.1, -0.05) is 29.8 Å². The maximum absolute atomic E-state index is 6.19. The van der Waals surface area contributed by atoms with Crippen molar-refractivity contribution in [2.75, 3.05) is 0 Å². The van der Waals surface area contributed by atoms with E-state index >= 15 is 0 Å². The molecule has 0 amide bonds. The number of aromatic nitrogens is 2. The number of rotatable bonds is 3. The Hall–Kier alpha value is -2.17. The Morgan fingerprint density at radius 1 is 1.10 bits per heavy atom. The number of nitrogens with two attached hydrogens (primary N) is 1. The van der Waals surface area contributed by atoms with Crippen LogP contribution in [-0.4, -0.2) is 9.97 Å². The van der Waals surface area contributed by atoms with Crippen molar-refractivity contribution in [2.45, 2.75) is 6.54 Å². The van der Waals surface area contributed by atoms with E-state index in [9.17, 15) is 0 Å². The zero-order valence-corrected chi connectivity index (χ0v) is 11.3. The van der Waals surface area contributed by atoms with Crippen LogP contribution in [0.1, 0.15) is 5.56 Å². The van der Waals surface area contributed by atoms with Gasteiger partial charge in [0.05, 0.1) is 15.9 Å². The third-order valence-corrected chi connectivity index (χ3v) is 3.24. The number of hydrogen-bond acceptors (Lipinski definition) is 4. The lowest BCUT2D eigenvalue weighted by Gasteiger charge is -2.09. The molecule has 1 aromatic heterocycles. The summed E-state index contributed by atoms with van der Waals surface area (Å²) >= 11 is 6.19. The van der Waals surface area contributed by atoms with Gasteiger partial charge in [0.2, 0.25) is 5.88 Å². The van der Waals surface area contributed by atoms with Crippen LogP contribution in [0.3, 0.4) is 0 Å². The van der Waals surface area contributed by atoms with Crippen molar-refractivity contribution in [3.05, 3.63) is 59.4 Å². The van der Waals surface area contributed by atoms with E-state index in [0.29, 0.717) is 23.2 Å². The molecular formula is C15H12ClN3O. The summed E-state index contributed by atoms with van der Waals surface area (Å²) in [7, 11) is 0. The Morgan fingerprint density at radius 3 is 2.75 bits per heavy atom. The Kier molecular flexibility index (Phi) is 3.50. The summed E-state index contributed by atoms with van der Waals surface area (Å²) in [6.07, 6.45) is 1.47. The van der Waals surface area contributed by atoms with Crippen LogP contribution in [0.2, 0.25) is 5.02 Å². The smallest absolute Gasteiger partial charge is 0.230 e. The van der Waals surface area contributed by atoms with Crippen LogP contribution < -0.4 is 10.5 Å². The maximum Gasteiger partial charge on any atom is 0.230 e. The van der Waals surface area contributed by atoms with E-state index in [1.54, 1.807) is 12.1 Å². The van der Waals surface area contributed by atoms with E-state index in [0.717, 1.165) is 16.5 Å². The van der Waals surface area contributed by atoms with Gasteiger partial charge in [0.1, 0.15) is 12.1 Å². The van der Waals surface area contributed by atoms with Crippen molar-refractivity contribution in [3.8, 4) is 11.6 Å². The standard InChI is InChI=1S/C15H12ClN3O/c16-12-7-10(8-17)5-6-14(12)20-15-11-3-1-2-4-13(11)18-9-19-15/h1-7,9H,8,17H2. The molecule has 3 rings (SSSR count). The van der Waals surface area contributed by atoms with Crippen LogP contribution >= 0.6 is 11.6 Å². The predicted octanol–water partition coefficient (Wildman–Crippen LogP) is 3.53. The molecule has 0 saturated carbocycles. The van der Waals surface area contributed by atoms with Crippen molar-refractivity contribution in [3.63, 3.8) is 0 Å². The van der Waals surface area contributed by atoms with Crippen LogP contribution in [-0.2, 0) is 6.54 Å². The molecular weight excluding hydrogens is 274 g/mol. The average molecular weight is 286 g/mol. The maximum atomic E-state index is 6.19. The van der Waals surface area contributed by atoms with E-state index in [2.05, 4.69) is 9.97 Å². The van der Waals surface area contributed by atoms with Crippen LogP contribution in [0.15, 0.2) is 48.8 Å². The van der Waals surface area contributed by atoms with Gasteiger partial charge in [-0.05, 0) is 29.8 Å². The lowest BCUT2D eigenvalue weighted by atomic mass is 10.2. The minimum atomic E-state index is 0.441. The summed E-state index contributed by atoms with van der Waals surface area (Å²) < 4.78 is 5.80. The summed E-state index contributed by atoms with van der Waals surface area (Å²) in [5.74, 6) is 1.03. The van der Waals surface area contributed by atoms with Crippen molar-refractivity contribution >= 4 is 22.5 Å². The highest BCUT2D eigenvalue weighted by molar-refractivity contribution is 6.32. The summed E-state index contributed by atoms with van der Waals surface area (Å²) in [6.45, 7) is 0.441. The molecule has 3 aromatic rings. The highest BCUT2D eigenvalue weighted by atomic mass is 35.5. The molecule has 0 radical (unpaired) electrons. The lowest BCUT2D eigenvalue weighted by molar-refractivity contribution is 0.468. The zero-order valence-electron chi connectivity index (χ0n) is 10.6. The van der Waals surface area contributed by atoms with Gasteiger partial charge in [0.25, 0.3) is 0 Å². The predicted molar refractivity (Wildman–Crippen MR) is 79.0 cm³/mol. The minimum absolute atomic E-state index is 0.441. The van der Waals surface area contributed by atoms with E-state index in [1.807, 2.05) is 30.3 Å². The summed E-state index contributed by atoms with van der Waals surface area (Å²) in [5.41, 5.74) is 7.36. The molecule has 2 aromatic carbocycles. The molecule has 0 aliphatic carbocycles. The molecule has 0 saturated heterocycles. The fraction of sp³-hybridized carbons (Fsp3) is 0.0667. The largest absolute Gasteiger partial charge is 0.437 e. The number of halogens is 1. The van der Waals surface area contributed by atoms with Crippen molar-refractivity contribution in [1.29, 1.82) is 0 Å². The number of para-hydroxylation sites is 1. The fourth-order valence-electron chi connectivity index (χ4n) is 1.92. The number of ether oxygens (including phenoxy) is 1. The first-order chi connectivity index (χ1) is 9.78. The van der Waals surface area contributed by atoms with E-state index in [1.165, 1.54) is 6.33 Å². The molecule has 5 heteroatoms. The second-order valence-corrected chi connectivity index (χ2v) is 4.67. The molecule has 0 bridgehead atoms. The molecule has 0 aliphatic heterocycles. The number of nitrogens with zero attached hydrogens (tertiary/aromatic N) is 2. The molecule has 1 heterocycles. The van der Waals surface area contributed by atoms with Gasteiger partial charge in [-0.2, -0.15) is 0 Å². The summed E-state index contributed by atoms with van der Waals surface area (Å²) in [5, 5.41) is 1.35. The first-order valence-corrected chi connectivity index (χ1v) is 6.52. The number of hydrogen-bond donors (Lipinski definition) is 1. The Bertz CT molecular complexity index is 756. The second-order valence-electron chi connectivity index (χ2n) is 4.27. The van der Waals surface area contributed by atoms with Crippen molar-refractivity contribution < 1.29 is 4.74 Å². The molecule has 0 spiro atoms. The fourth-order valence-corrected chi connectivity index (χ4v) is 2.16. The van der Waals surface area contributed by atoms with Gasteiger partial charge in [-0.15, -0.1) is 0 Å². The van der Waals surface area contributed by atoms with E-state index in [4.69, 9.17) is 22.1 Å². The van der Waals surface area contributed by atoms with Gasteiger partial charge in [0.15, 0.2) is 0 Å². The molecule has 4 nitrogen and oxygen atoms in total. The molecule has 0 atom stereocenters. The van der Waals surface area contributed by atoms with Crippen molar-refractivity contribution in [2.24, 2.45) is 5.73 Å².